The van der Waals surface area contributed by atoms with Crippen molar-refractivity contribution in [3.8, 4) is 0 Å². The molecule has 1 aliphatic carbocycles. The number of hydrogen-bond acceptors (Lipinski definition) is 4. The monoisotopic (exact) mass is 381 g/mol. The van der Waals surface area contributed by atoms with Crippen molar-refractivity contribution in [2.45, 2.75) is 57.2 Å². The van der Waals surface area contributed by atoms with Crippen LogP contribution in [0.25, 0.3) is 0 Å². The van der Waals surface area contributed by atoms with E-state index in [2.05, 4.69) is 36.4 Å². The summed E-state index contributed by atoms with van der Waals surface area (Å²) in [6.45, 7) is 8.90. The summed E-state index contributed by atoms with van der Waals surface area (Å²) in [5, 5.41) is 6.77. The quantitative estimate of drug-likeness (QED) is 0.604. The van der Waals surface area contributed by atoms with Gasteiger partial charge < -0.3 is 15.4 Å². The first-order valence-corrected chi connectivity index (χ1v) is 10.7. The van der Waals surface area contributed by atoms with Crippen LogP contribution in [-0.2, 0) is 21.1 Å². The number of aliphatic imine (C=N–C) groups is 1. The zero-order valence-electron chi connectivity index (χ0n) is 16.8. The van der Waals surface area contributed by atoms with Gasteiger partial charge in [0.05, 0.1) is 10.5 Å². The lowest BCUT2D eigenvalue weighted by Crippen LogP contribution is -2.69. The van der Waals surface area contributed by atoms with Gasteiger partial charge in [0, 0.05) is 38.4 Å². The topological polar surface area (TPSA) is 79.8 Å². The van der Waals surface area contributed by atoms with Crippen LogP contribution in [0.3, 0.4) is 0 Å². The number of rotatable bonds is 5. The third kappa shape index (κ3) is 3.88. The van der Waals surface area contributed by atoms with Crippen LogP contribution >= 0.6 is 0 Å². The van der Waals surface area contributed by atoms with Gasteiger partial charge in [0.1, 0.15) is 0 Å². The molecule has 0 bridgehead atoms. The number of aryl methyl sites for hydroxylation is 1. The maximum Gasteiger partial charge on any atom is 0.191 e. The Balaban J connectivity index is 2.00. The Morgan fingerprint density at radius 2 is 2.00 bits per heavy atom. The smallest absolute Gasteiger partial charge is 0.191 e. The second-order valence-corrected chi connectivity index (χ2v) is 9.84. The molecule has 26 heavy (non-hydrogen) atoms. The minimum Gasteiger partial charge on any atom is -0.378 e. The zero-order valence-corrected chi connectivity index (χ0v) is 17.6. The van der Waals surface area contributed by atoms with E-state index in [4.69, 9.17) is 4.74 Å². The highest BCUT2D eigenvalue weighted by Crippen LogP contribution is 2.51. The molecule has 1 saturated carbocycles. The molecule has 1 fully saturated rings. The number of methoxy groups -OCH3 is 1. The Morgan fingerprint density at radius 3 is 2.46 bits per heavy atom. The van der Waals surface area contributed by atoms with Crippen molar-refractivity contribution in [1.29, 1.82) is 0 Å². The zero-order chi connectivity index (χ0) is 19.8. The van der Waals surface area contributed by atoms with Crippen LogP contribution in [0.15, 0.2) is 28.1 Å². The van der Waals surface area contributed by atoms with E-state index in [-0.39, 0.29) is 17.1 Å². The number of guanidine groups is 1. The van der Waals surface area contributed by atoms with Crippen molar-refractivity contribution in [2.75, 3.05) is 20.4 Å². The van der Waals surface area contributed by atoms with Crippen LogP contribution in [0, 0.1) is 12.3 Å². The van der Waals surface area contributed by atoms with Crippen molar-refractivity contribution in [3.05, 3.63) is 29.3 Å². The standard InChI is InChI=1S/C19H31N3O3S/c1-13-10-14(8-9-15(13)26(7,23)24)12-21-17(20-5)22-16-11-19(4,25-6)18(16,2)3/h8-10,16H,11-12H2,1-7H3,(H2,20,21,22). The fraction of sp³-hybridized carbons (Fsp3) is 0.632. The molecule has 1 aliphatic rings. The van der Waals surface area contributed by atoms with Crippen molar-refractivity contribution in [1.82, 2.24) is 10.6 Å². The number of nitrogens with one attached hydrogen (secondary N) is 2. The summed E-state index contributed by atoms with van der Waals surface area (Å²) in [6.07, 6.45) is 2.15. The highest BCUT2D eigenvalue weighted by molar-refractivity contribution is 7.90. The molecular formula is C19H31N3O3S. The predicted octanol–water partition coefficient (Wildman–Crippen LogP) is 2.27. The Kier molecular flexibility index (Phi) is 5.73. The Morgan fingerprint density at radius 1 is 1.35 bits per heavy atom. The molecule has 0 aliphatic heterocycles. The fourth-order valence-electron chi connectivity index (χ4n) is 3.51. The van der Waals surface area contributed by atoms with Crippen molar-refractivity contribution in [3.63, 3.8) is 0 Å². The number of benzene rings is 1. The van der Waals surface area contributed by atoms with Gasteiger partial charge >= 0.3 is 0 Å². The summed E-state index contributed by atoms with van der Waals surface area (Å²) in [5.74, 6) is 0.728. The Bertz CT molecular complexity index is 802. The Labute approximate surface area is 157 Å². The molecule has 0 aromatic heterocycles. The molecule has 146 valence electrons. The molecule has 2 atom stereocenters. The number of nitrogens with zero attached hydrogens (tertiary/aromatic N) is 1. The van der Waals surface area contributed by atoms with E-state index in [0.29, 0.717) is 11.4 Å². The lowest BCUT2D eigenvalue weighted by molar-refractivity contribution is -0.176. The molecule has 0 saturated heterocycles. The second kappa shape index (κ2) is 7.19. The molecule has 2 rings (SSSR count). The maximum absolute atomic E-state index is 11.7. The van der Waals surface area contributed by atoms with Gasteiger partial charge in [-0.05, 0) is 37.5 Å². The van der Waals surface area contributed by atoms with Gasteiger partial charge in [0.15, 0.2) is 15.8 Å². The summed E-state index contributed by atoms with van der Waals surface area (Å²) in [7, 11) is 0.309. The first-order valence-electron chi connectivity index (χ1n) is 8.76. The first-order chi connectivity index (χ1) is 11.9. The summed E-state index contributed by atoms with van der Waals surface area (Å²) in [5.41, 5.74) is 1.62. The van der Waals surface area contributed by atoms with E-state index in [1.165, 1.54) is 6.26 Å². The van der Waals surface area contributed by atoms with E-state index >= 15 is 0 Å². The maximum atomic E-state index is 11.7. The van der Waals surface area contributed by atoms with Gasteiger partial charge in [0.25, 0.3) is 0 Å². The molecule has 6 nitrogen and oxygen atoms in total. The number of sulfone groups is 1. The molecular weight excluding hydrogens is 350 g/mol. The first kappa shape index (κ1) is 20.7. The summed E-state index contributed by atoms with van der Waals surface area (Å²) in [4.78, 5) is 4.67. The van der Waals surface area contributed by atoms with Gasteiger partial charge in [-0.25, -0.2) is 8.42 Å². The third-order valence-corrected chi connectivity index (χ3v) is 7.17. The van der Waals surface area contributed by atoms with Crippen molar-refractivity contribution < 1.29 is 13.2 Å². The average molecular weight is 382 g/mol. The highest BCUT2D eigenvalue weighted by Gasteiger charge is 2.58. The van der Waals surface area contributed by atoms with E-state index < -0.39 is 9.84 Å². The van der Waals surface area contributed by atoms with Crippen LogP contribution < -0.4 is 10.6 Å². The number of hydrogen-bond donors (Lipinski definition) is 2. The highest BCUT2D eigenvalue weighted by atomic mass is 32.2. The van der Waals surface area contributed by atoms with E-state index in [1.807, 2.05) is 19.1 Å². The van der Waals surface area contributed by atoms with Crippen LogP contribution in [0.1, 0.15) is 38.3 Å². The third-order valence-electron chi connectivity index (χ3n) is 5.91. The largest absolute Gasteiger partial charge is 0.378 e. The van der Waals surface area contributed by atoms with Crippen molar-refractivity contribution >= 4 is 15.8 Å². The van der Waals surface area contributed by atoms with Crippen LogP contribution in [0.2, 0.25) is 0 Å². The predicted molar refractivity (Wildman–Crippen MR) is 105 cm³/mol. The normalized spacial score (nSPS) is 25.5. The van der Waals surface area contributed by atoms with Crippen LogP contribution in [0.5, 0.6) is 0 Å². The minimum atomic E-state index is -3.19. The summed E-state index contributed by atoms with van der Waals surface area (Å²) >= 11 is 0. The molecule has 1 aromatic rings. The van der Waals surface area contributed by atoms with E-state index in [1.54, 1.807) is 20.2 Å². The van der Waals surface area contributed by atoms with Gasteiger partial charge in [-0.15, -0.1) is 0 Å². The SMILES string of the molecule is CN=C(NCc1ccc(S(C)(=O)=O)c(C)c1)NC1CC(C)(OC)C1(C)C. The van der Waals surface area contributed by atoms with Crippen LogP contribution in [0.4, 0.5) is 0 Å². The molecule has 0 amide bonds. The average Bonchev–Trinajstić information content (AvgIpc) is 2.56. The molecule has 7 heteroatoms. The minimum absolute atomic E-state index is 0.00685. The van der Waals surface area contributed by atoms with E-state index in [9.17, 15) is 8.42 Å². The molecule has 1 aromatic carbocycles. The summed E-state index contributed by atoms with van der Waals surface area (Å²) in [6, 6.07) is 5.66. The van der Waals surface area contributed by atoms with Gasteiger partial charge in [-0.3, -0.25) is 4.99 Å². The van der Waals surface area contributed by atoms with Gasteiger partial charge in [-0.2, -0.15) is 0 Å². The van der Waals surface area contributed by atoms with E-state index in [0.717, 1.165) is 23.5 Å². The molecule has 2 N–H and O–H groups in total. The molecule has 0 radical (unpaired) electrons. The van der Waals surface area contributed by atoms with Gasteiger partial charge in [-0.1, -0.05) is 26.0 Å². The second-order valence-electron chi connectivity index (χ2n) is 7.86. The molecule has 2 unspecified atom stereocenters. The summed E-state index contributed by atoms with van der Waals surface area (Å²) < 4.78 is 29.1. The Hall–Kier alpha value is -1.60. The van der Waals surface area contributed by atoms with Crippen LogP contribution in [-0.4, -0.2) is 46.4 Å². The molecule has 0 spiro atoms. The fourth-order valence-corrected chi connectivity index (χ4v) is 4.47. The number of ether oxygens (including phenoxy) is 1. The lowest BCUT2D eigenvalue weighted by atomic mass is 9.56. The molecule has 0 heterocycles. The lowest BCUT2D eigenvalue weighted by Gasteiger charge is -2.59. The van der Waals surface area contributed by atoms with Gasteiger partial charge in [0.2, 0.25) is 0 Å². The van der Waals surface area contributed by atoms with Crippen molar-refractivity contribution in [2.24, 2.45) is 10.4 Å².